The third kappa shape index (κ3) is 7.19. The molecule has 0 saturated carbocycles. The number of hydrogen-bond acceptors (Lipinski definition) is 5. The van der Waals surface area contributed by atoms with Crippen LogP contribution in [-0.4, -0.2) is 47.6 Å². The number of anilines is 2. The molecule has 1 aromatic carbocycles. The number of nitrogens with one attached hydrogen (secondary N) is 2. The third-order valence-electron chi connectivity index (χ3n) is 6.09. The highest BCUT2D eigenvalue weighted by Crippen LogP contribution is 2.39. The average molecular weight is 522 g/mol. The monoisotopic (exact) mass is 521 g/mol. The molecule has 1 aromatic heterocycles. The number of carbonyl (C=O) groups is 3. The van der Waals surface area contributed by atoms with Crippen LogP contribution in [0, 0.1) is 0 Å². The summed E-state index contributed by atoms with van der Waals surface area (Å²) < 4.78 is 6.24. The molecule has 1 unspecified atom stereocenters. The summed E-state index contributed by atoms with van der Waals surface area (Å²) in [6.45, 7) is 11.0. The van der Waals surface area contributed by atoms with Crippen molar-refractivity contribution in [2.45, 2.75) is 59.1 Å². The number of fused-ring (bicyclic) bond motifs is 1. The van der Waals surface area contributed by atoms with Gasteiger partial charge in [-0.25, -0.2) is 4.79 Å². The van der Waals surface area contributed by atoms with E-state index in [0.717, 1.165) is 47.5 Å². The van der Waals surface area contributed by atoms with E-state index < -0.39 is 17.5 Å². The minimum atomic E-state index is -0.550. The van der Waals surface area contributed by atoms with Crippen LogP contribution in [0.3, 0.4) is 0 Å². The van der Waals surface area contributed by atoms with E-state index in [2.05, 4.69) is 17.6 Å². The lowest BCUT2D eigenvalue weighted by Crippen LogP contribution is -2.51. The number of nitrogens with zero attached hydrogens (tertiary/aromatic N) is 1. The summed E-state index contributed by atoms with van der Waals surface area (Å²) in [5.41, 5.74) is 7.12. The Bertz CT molecular complexity index is 1090. The molecule has 2 heterocycles. The molecule has 1 aliphatic rings. The first-order valence-corrected chi connectivity index (χ1v) is 13.0. The number of amides is 3. The molecule has 10 heteroatoms. The molecular formula is C25H34ClN4O4S+. The van der Waals surface area contributed by atoms with E-state index in [0.29, 0.717) is 34.1 Å². The van der Waals surface area contributed by atoms with E-state index >= 15 is 0 Å². The SMILES string of the molecule is CC[N+]1(CCCC(=O)OC(C)(C)C)CCc2c(sc(NC(=O)Nc3ccc(Cl)cc3)c2C(N)=O)C1. The first-order chi connectivity index (χ1) is 16.4. The molecule has 1 atom stereocenters. The van der Waals surface area contributed by atoms with Crippen molar-refractivity contribution < 1.29 is 23.6 Å². The van der Waals surface area contributed by atoms with Crippen molar-refractivity contribution in [3.05, 3.63) is 45.3 Å². The fraction of sp³-hybridized carbons (Fsp3) is 0.480. The molecule has 3 rings (SSSR count). The zero-order valence-corrected chi connectivity index (χ0v) is 22.3. The normalized spacial score (nSPS) is 17.4. The number of nitrogens with two attached hydrogens (primary N) is 1. The highest BCUT2D eigenvalue weighted by Gasteiger charge is 2.36. The highest BCUT2D eigenvalue weighted by atomic mass is 35.5. The summed E-state index contributed by atoms with van der Waals surface area (Å²) in [6.07, 6.45) is 1.78. The molecule has 2 aromatic rings. The third-order valence-corrected chi connectivity index (χ3v) is 7.47. The quantitative estimate of drug-likeness (QED) is 0.329. The zero-order chi connectivity index (χ0) is 25.8. The lowest BCUT2D eigenvalue weighted by Gasteiger charge is -2.40. The number of halogens is 1. The Kier molecular flexibility index (Phi) is 8.46. The molecule has 0 fully saturated rings. The van der Waals surface area contributed by atoms with Gasteiger partial charge in [0.2, 0.25) is 0 Å². The van der Waals surface area contributed by atoms with E-state index in [9.17, 15) is 14.4 Å². The van der Waals surface area contributed by atoms with E-state index in [4.69, 9.17) is 22.1 Å². The Morgan fingerprint density at radius 2 is 1.86 bits per heavy atom. The van der Waals surface area contributed by atoms with Crippen molar-refractivity contribution in [1.82, 2.24) is 0 Å². The van der Waals surface area contributed by atoms with Crippen LogP contribution in [0.15, 0.2) is 24.3 Å². The maximum absolute atomic E-state index is 12.6. The maximum Gasteiger partial charge on any atom is 0.324 e. The van der Waals surface area contributed by atoms with Crippen molar-refractivity contribution in [2.24, 2.45) is 5.73 Å². The van der Waals surface area contributed by atoms with Crippen LogP contribution >= 0.6 is 22.9 Å². The second-order valence-corrected chi connectivity index (χ2v) is 11.4. The van der Waals surface area contributed by atoms with Crippen LogP contribution in [0.4, 0.5) is 15.5 Å². The molecule has 0 saturated heterocycles. The predicted octanol–water partition coefficient (Wildman–Crippen LogP) is 5.16. The van der Waals surface area contributed by atoms with E-state index in [1.54, 1.807) is 24.3 Å². The van der Waals surface area contributed by atoms with Crippen LogP contribution < -0.4 is 16.4 Å². The summed E-state index contributed by atoms with van der Waals surface area (Å²) >= 11 is 7.29. The lowest BCUT2D eigenvalue weighted by atomic mass is 9.99. The lowest BCUT2D eigenvalue weighted by molar-refractivity contribution is -0.941. The summed E-state index contributed by atoms with van der Waals surface area (Å²) in [6, 6.07) is 6.30. The number of benzene rings is 1. The molecule has 4 N–H and O–H groups in total. The number of thiophene rings is 1. The summed E-state index contributed by atoms with van der Waals surface area (Å²) in [5, 5.41) is 6.58. The molecular weight excluding hydrogens is 488 g/mol. The molecule has 0 radical (unpaired) electrons. The first kappa shape index (κ1) is 27.0. The Balaban J connectivity index is 1.71. The average Bonchev–Trinajstić information content (AvgIpc) is 3.10. The number of ether oxygens (including phenoxy) is 1. The number of likely N-dealkylation sites (N-methyl/N-ethyl adjacent to an activating group) is 1. The molecule has 1 aliphatic heterocycles. The fourth-order valence-electron chi connectivity index (χ4n) is 4.35. The van der Waals surface area contributed by atoms with E-state index in [1.165, 1.54) is 11.3 Å². The molecule has 0 aliphatic carbocycles. The molecule has 8 nitrogen and oxygen atoms in total. The van der Waals surface area contributed by atoms with Gasteiger partial charge in [0.05, 0.1) is 36.5 Å². The van der Waals surface area contributed by atoms with Gasteiger partial charge < -0.3 is 20.3 Å². The van der Waals surface area contributed by atoms with Crippen molar-refractivity contribution in [2.75, 3.05) is 30.3 Å². The van der Waals surface area contributed by atoms with Crippen LogP contribution in [0.25, 0.3) is 0 Å². The molecule has 0 spiro atoms. The number of primary amides is 1. The Morgan fingerprint density at radius 1 is 1.17 bits per heavy atom. The highest BCUT2D eigenvalue weighted by molar-refractivity contribution is 7.17. The number of urea groups is 1. The van der Waals surface area contributed by atoms with E-state index in [1.807, 2.05) is 20.8 Å². The van der Waals surface area contributed by atoms with Gasteiger partial charge in [0.15, 0.2) is 0 Å². The van der Waals surface area contributed by atoms with Gasteiger partial charge in [-0.3, -0.25) is 14.9 Å². The second-order valence-electron chi connectivity index (χ2n) is 9.86. The van der Waals surface area contributed by atoms with Crippen LogP contribution in [0.5, 0.6) is 0 Å². The van der Waals surface area contributed by atoms with Gasteiger partial charge in [0.25, 0.3) is 5.91 Å². The number of esters is 1. The summed E-state index contributed by atoms with van der Waals surface area (Å²) in [7, 11) is 0. The largest absolute Gasteiger partial charge is 0.460 e. The van der Waals surface area contributed by atoms with Gasteiger partial charge in [-0.15, -0.1) is 11.3 Å². The molecule has 190 valence electrons. The standard InChI is InChI=1S/C25H33ClN4O4S/c1-5-30(13-6-7-20(31)34-25(2,3)4)14-12-18-19(15-30)35-23(21(18)22(27)32)29-24(33)28-17-10-8-16(26)9-11-17/h8-11H,5-7,12-15H2,1-4H3,(H3-,27,28,29,32,33)/p+1. The van der Waals surface area contributed by atoms with E-state index in [-0.39, 0.29) is 5.97 Å². The van der Waals surface area contributed by atoms with Crippen LogP contribution in [0.2, 0.25) is 5.02 Å². The zero-order valence-electron chi connectivity index (χ0n) is 20.7. The second kappa shape index (κ2) is 11.0. The summed E-state index contributed by atoms with van der Waals surface area (Å²) in [4.78, 5) is 38.1. The number of carbonyl (C=O) groups excluding carboxylic acids is 3. The van der Waals surface area contributed by atoms with Gasteiger partial charge in [-0.05, 0) is 57.5 Å². The minimum Gasteiger partial charge on any atom is -0.460 e. The Morgan fingerprint density at radius 3 is 2.46 bits per heavy atom. The van der Waals surface area contributed by atoms with Gasteiger partial charge >= 0.3 is 12.0 Å². The van der Waals surface area contributed by atoms with Crippen LogP contribution in [0.1, 0.15) is 61.3 Å². The number of rotatable bonds is 8. The molecule has 0 bridgehead atoms. The van der Waals surface area contributed by atoms with Gasteiger partial charge in [-0.1, -0.05) is 11.6 Å². The summed E-state index contributed by atoms with van der Waals surface area (Å²) in [5.74, 6) is -0.736. The molecule has 3 amide bonds. The topological polar surface area (TPSA) is 111 Å². The van der Waals surface area contributed by atoms with Crippen LogP contribution in [-0.2, 0) is 22.5 Å². The number of hydrogen-bond donors (Lipinski definition) is 3. The Labute approximate surface area is 215 Å². The molecule has 35 heavy (non-hydrogen) atoms. The maximum atomic E-state index is 12.6. The van der Waals surface area contributed by atoms with Crippen molar-refractivity contribution in [3.63, 3.8) is 0 Å². The van der Waals surface area contributed by atoms with Crippen molar-refractivity contribution >= 4 is 51.5 Å². The first-order valence-electron chi connectivity index (χ1n) is 11.8. The van der Waals surface area contributed by atoms with Gasteiger partial charge in [0, 0.05) is 23.6 Å². The van der Waals surface area contributed by atoms with Crippen molar-refractivity contribution in [1.29, 1.82) is 0 Å². The van der Waals surface area contributed by atoms with Gasteiger partial charge in [0.1, 0.15) is 17.1 Å². The van der Waals surface area contributed by atoms with Gasteiger partial charge in [-0.2, -0.15) is 0 Å². The smallest absolute Gasteiger partial charge is 0.324 e. The Hall–Kier alpha value is -2.62. The fourth-order valence-corrected chi connectivity index (χ4v) is 5.86. The predicted molar refractivity (Wildman–Crippen MR) is 140 cm³/mol. The minimum absolute atomic E-state index is 0.185. The van der Waals surface area contributed by atoms with Crippen molar-refractivity contribution in [3.8, 4) is 0 Å². The number of quaternary nitrogens is 1.